The highest BCUT2D eigenvalue weighted by atomic mass is 35.5. The number of rotatable bonds is 4. The molecule has 0 N–H and O–H groups in total. The van der Waals surface area contributed by atoms with Crippen molar-refractivity contribution in [2.45, 2.75) is 0 Å². The van der Waals surface area contributed by atoms with Gasteiger partial charge in [0.25, 0.3) is 5.56 Å². The molecule has 7 heteroatoms. The molecule has 0 fully saturated rings. The number of para-hydroxylation sites is 1. The van der Waals surface area contributed by atoms with Crippen LogP contribution < -0.4 is 5.56 Å². The minimum atomic E-state index is -0.254. The molecule has 0 bridgehead atoms. The highest BCUT2D eigenvalue weighted by Gasteiger charge is 2.19. The lowest BCUT2D eigenvalue weighted by Gasteiger charge is -2.14. The number of fused-ring (bicyclic) bond motifs is 1. The van der Waals surface area contributed by atoms with Crippen LogP contribution in [0.5, 0.6) is 0 Å². The Morgan fingerprint density at radius 2 is 1.40 bits per heavy atom. The van der Waals surface area contributed by atoms with Gasteiger partial charge < -0.3 is 0 Å². The lowest BCUT2D eigenvalue weighted by Crippen LogP contribution is -2.22. The Morgan fingerprint density at radius 3 is 2.11 bits per heavy atom. The summed E-state index contributed by atoms with van der Waals surface area (Å²) in [6, 6.07) is 30.5. The largest absolute Gasteiger partial charge is 0.286 e. The van der Waals surface area contributed by atoms with Crippen molar-refractivity contribution in [3.05, 3.63) is 125 Å². The van der Waals surface area contributed by atoms with Crippen molar-refractivity contribution in [1.29, 1.82) is 0 Å². The smallest absolute Gasteiger partial charge is 0.283 e. The van der Waals surface area contributed by atoms with Gasteiger partial charge in [0, 0.05) is 28.0 Å². The molecule has 0 aliphatic heterocycles. The van der Waals surface area contributed by atoms with E-state index in [0.717, 1.165) is 22.5 Å². The number of aromatic nitrogens is 5. The second-order valence-corrected chi connectivity index (χ2v) is 8.40. The normalized spacial score (nSPS) is 11.1. The fraction of sp³-hybridized carbons (Fsp3) is 0. The van der Waals surface area contributed by atoms with Crippen LogP contribution in [-0.4, -0.2) is 24.1 Å². The SMILES string of the molecule is O=c1c2ncn(-c3ccccc3)c2nc(-c2ccc(-c3ccccn3)cc2)n1-c1ccc(Cl)cc1. The molecule has 0 amide bonds. The molecule has 0 aliphatic carbocycles. The molecule has 0 saturated heterocycles. The van der Waals surface area contributed by atoms with Crippen LogP contribution in [0.25, 0.3) is 45.2 Å². The van der Waals surface area contributed by atoms with Crippen molar-refractivity contribution < 1.29 is 0 Å². The Labute approximate surface area is 205 Å². The number of benzene rings is 3. The van der Waals surface area contributed by atoms with Gasteiger partial charge in [0.1, 0.15) is 12.2 Å². The molecule has 6 nitrogen and oxygen atoms in total. The van der Waals surface area contributed by atoms with Gasteiger partial charge in [-0.25, -0.2) is 9.97 Å². The monoisotopic (exact) mass is 475 g/mol. The van der Waals surface area contributed by atoms with Gasteiger partial charge in [-0.05, 0) is 48.5 Å². The summed E-state index contributed by atoms with van der Waals surface area (Å²) in [5.74, 6) is 0.509. The van der Waals surface area contributed by atoms with Crippen LogP contribution >= 0.6 is 11.6 Å². The third-order valence-corrected chi connectivity index (χ3v) is 6.05. The number of halogens is 1. The molecule has 0 aliphatic rings. The van der Waals surface area contributed by atoms with Gasteiger partial charge in [-0.2, -0.15) is 0 Å². The van der Waals surface area contributed by atoms with Crippen LogP contribution in [0.1, 0.15) is 0 Å². The first kappa shape index (κ1) is 21.0. The summed E-state index contributed by atoms with van der Waals surface area (Å²) in [5, 5.41) is 0.588. The highest BCUT2D eigenvalue weighted by molar-refractivity contribution is 6.30. The van der Waals surface area contributed by atoms with E-state index in [1.165, 1.54) is 0 Å². The summed E-state index contributed by atoms with van der Waals surface area (Å²) in [6.45, 7) is 0. The Kier molecular flexibility index (Phi) is 5.20. The van der Waals surface area contributed by atoms with Crippen molar-refractivity contribution in [2.75, 3.05) is 0 Å². The standard InChI is InChI=1S/C28H18ClN5O/c29-21-13-15-23(16-14-21)34-26(20-11-9-19(10-12-20)24-8-4-5-17-30-24)32-27-25(28(34)35)31-18-33(27)22-6-2-1-3-7-22/h1-18H. The number of hydrogen-bond donors (Lipinski definition) is 0. The molecule has 6 aromatic rings. The van der Waals surface area contributed by atoms with E-state index in [1.807, 2.05) is 77.4 Å². The summed E-state index contributed by atoms with van der Waals surface area (Å²) >= 11 is 6.11. The van der Waals surface area contributed by atoms with Gasteiger partial charge >= 0.3 is 0 Å². The van der Waals surface area contributed by atoms with E-state index in [2.05, 4.69) is 9.97 Å². The zero-order chi connectivity index (χ0) is 23.8. The molecule has 3 aromatic heterocycles. The lowest BCUT2D eigenvalue weighted by molar-refractivity contribution is 0.962. The summed E-state index contributed by atoms with van der Waals surface area (Å²) in [6.07, 6.45) is 3.40. The van der Waals surface area contributed by atoms with Crippen molar-refractivity contribution in [3.63, 3.8) is 0 Å². The van der Waals surface area contributed by atoms with Crippen molar-refractivity contribution >= 4 is 22.8 Å². The van der Waals surface area contributed by atoms with Crippen LogP contribution in [0, 0.1) is 0 Å². The summed E-state index contributed by atoms with van der Waals surface area (Å²) in [7, 11) is 0. The molecule has 3 heterocycles. The van der Waals surface area contributed by atoms with Crippen molar-refractivity contribution in [2.24, 2.45) is 0 Å². The average molecular weight is 476 g/mol. The second-order valence-electron chi connectivity index (χ2n) is 7.97. The van der Waals surface area contributed by atoms with E-state index < -0.39 is 0 Å². The Balaban J connectivity index is 1.59. The molecule has 6 rings (SSSR count). The van der Waals surface area contributed by atoms with Gasteiger partial charge in [0.05, 0.1) is 11.4 Å². The molecule has 0 atom stereocenters. The van der Waals surface area contributed by atoms with E-state index in [-0.39, 0.29) is 11.1 Å². The first-order valence-corrected chi connectivity index (χ1v) is 11.4. The second kappa shape index (κ2) is 8.66. The molecular formula is C28H18ClN5O. The number of imidazole rings is 1. The highest BCUT2D eigenvalue weighted by Crippen LogP contribution is 2.26. The third-order valence-electron chi connectivity index (χ3n) is 5.79. The fourth-order valence-corrected chi connectivity index (χ4v) is 4.20. The number of pyridine rings is 1. The first-order valence-electron chi connectivity index (χ1n) is 11.0. The van der Waals surface area contributed by atoms with E-state index in [1.54, 1.807) is 41.4 Å². The fourth-order valence-electron chi connectivity index (χ4n) is 4.08. The zero-order valence-electron chi connectivity index (χ0n) is 18.4. The number of nitrogens with zero attached hydrogens (tertiary/aromatic N) is 5. The van der Waals surface area contributed by atoms with Crippen LogP contribution in [0.3, 0.4) is 0 Å². The summed E-state index contributed by atoms with van der Waals surface area (Å²) < 4.78 is 3.41. The minimum Gasteiger partial charge on any atom is -0.283 e. The Bertz CT molecular complexity index is 1690. The molecule has 168 valence electrons. The molecule has 3 aromatic carbocycles. The van der Waals surface area contributed by atoms with Gasteiger partial charge in [0.15, 0.2) is 11.2 Å². The maximum absolute atomic E-state index is 13.7. The van der Waals surface area contributed by atoms with Gasteiger partial charge in [-0.1, -0.05) is 60.1 Å². The lowest BCUT2D eigenvalue weighted by atomic mass is 10.1. The predicted octanol–water partition coefficient (Wildman–Crippen LogP) is 5.95. The van der Waals surface area contributed by atoms with Gasteiger partial charge in [-0.3, -0.25) is 18.9 Å². The van der Waals surface area contributed by atoms with Crippen LogP contribution in [0.4, 0.5) is 0 Å². The minimum absolute atomic E-state index is 0.254. The Morgan fingerprint density at radius 1 is 0.686 bits per heavy atom. The van der Waals surface area contributed by atoms with Crippen molar-refractivity contribution in [1.82, 2.24) is 24.1 Å². The molecule has 0 radical (unpaired) electrons. The molecule has 0 unspecified atom stereocenters. The van der Waals surface area contributed by atoms with Crippen LogP contribution in [0.2, 0.25) is 5.02 Å². The summed E-state index contributed by atoms with van der Waals surface area (Å²) in [5.41, 5.74) is 4.71. The third kappa shape index (κ3) is 3.80. The topological polar surface area (TPSA) is 65.6 Å². The zero-order valence-corrected chi connectivity index (χ0v) is 19.2. The van der Waals surface area contributed by atoms with E-state index in [9.17, 15) is 4.79 Å². The maximum atomic E-state index is 13.7. The molecule has 0 spiro atoms. The molecule has 35 heavy (non-hydrogen) atoms. The average Bonchev–Trinajstić information content (AvgIpc) is 3.35. The van der Waals surface area contributed by atoms with Gasteiger partial charge in [0.2, 0.25) is 0 Å². The molecular weight excluding hydrogens is 458 g/mol. The van der Waals surface area contributed by atoms with Crippen LogP contribution in [0.15, 0.2) is 114 Å². The van der Waals surface area contributed by atoms with Gasteiger partial charge in [-0.15, -0.1) is 0 Å². The number of hydrogen-bond acceptors (Lipinski definition) is 4. The van der Waals surface area contributed by atoms with Crippen molar-refractivity contribution in [3.8, 4) is 34.0 Å². The van der Waals surface area contributed by atoms with Crippen LogP contribution in [-0.2, 0) is 0 Å². The predicted molar refractivity (Wildman–Crippen MR) is 138 cm³/mol. The molecule has 0 saturated carbocycles. The quantitative estimate of drug-likeness (QED) is 0.316. The summed E-state index contributed by atoms with van der Waals surface area (Å²) in [4.78, 5) is 27.5. The first-order chi connectivity index (χ1) is 17.2. The Hall–Kier alpha value is -4.55. The van der Waals surface area contributed by atoms with E-state index in [4.69, 9.17) is 16.6 Å². The maximum Gasteiger partial charge on any atom is 0.286 e. The van der Waals surface area contributed by atoms with E-state index >= 15 is 0 Å². The van der Waals surface area contributed by atoms with E-state index in [0.29, 0.717) is 22.2 Å².